The predicted molar refractivity (Wildman–Crippen MR) is 99.9 cm³/mol. The van der Waals surface area contributed by atoms with Gasteiger partial charge in [-0.2, -0.15) is 5.10 Å². The van der Waals surface area contributed by atoms with Crippen molar-refractivity contribution in [2.24, 2.45) is 0 Å². The summed E-state index contributed by atoms with van der Waals surface area (Å²) in [7, 11) is -3.58. The molecule has 0 saturated carbocycles. The molecule has 2 aromatic rings. The number of nitrogens with zero attached hydrogens (tertiary/aromatic N) is 1. The minimum absolute atomic E-state index is 0. The summed E-state index contributed by atoms with van der Waals surface area (Å²) < 4.78 is 26.8. The smallest absolute Gasteiger partial charge is 0.272 e. The van der Waals surface area contributed by atoms with E-state index < -0.39 is 10.0 Å². The van der Waals surface area contributed by atoms with Crippen LogP contribution in [0.15, 0.2) is 29.2 Å². The zero-order valence-corrected chi connectivity index (χ0v) is 16.0. The Balaban J connectivity index is 0.00000243. The molecule has 4 N–H and O–H groups in total. The molecule has 0 atom stereocenters. The van der Waals surface area contributed by atoms with E-state index in [9.17, 15) is 13.2 Å². The van der Waals surface area contributed by atoms with Crippen molar-refractivity contribution in [2.45, 2.75) is 24.8 Å². The van der Waals surface area contributed by atoms with E-state index in [2.05, 4.69) is 25.6 Å². The number of halogens is 1. The number of hydrogen-bond acceptors (Lipinski definition) is 5. The fourth-order valence-electron chi connectivity index (χ4n) is 2.66. The van der Waals surface area contributed by atoms with Crippen LogP contribution in [0.25, 0.3) is 0 Å². The fraction of sp³-hybridized carbons (Fsp3) is 0.375. The van der Waals surface area contributed by atoms with Crippen molar-refractivity contribution < 1.29 is 13.2 Å². The number of hydrogen-bond donors (Lipinski definition) is 4. The van der Waals surface area contributed by atoms with Crippen LogP contribution in [0, 0.1) is 6.92 Å². The van der Waals surface area contributed by atoms with E-state index in [0.717, 1.165) is 29.8 Å². The molecule has 1 aliphatic heterocycles. The van der Waals surface area contributed by atoms with Gasteiger partial charge in [0, 0.05) is 43.9 Å². The van der Waals surface area contributed by atoms with Crippen LogP contribution in [0.4, 0.5) is 0 Å². The number of fused-ring (bicyclic) bond motifs is 1. The van der Waals surface area contributed by atoms with Crippen LogP contribution in [-0.4, -0.2) is 44.2 Å². The molecule has 0 fully saturated rings. The number of sulfonamides is 1. The second kappa shape index (κ2) is 8.63. The SMILES string of the molecule is Cc1ccc(S(=O)(=O)NCCNC(=O)c2n[nH]c3c2CNCC3)cc1.Cl. The predicted octanol–water partition coefficient (Wildman–Crippen LogP) is 0.494. The van der Waals surface area contributed by atoms with Crippen LogP contribution >= 0.6 is 12.4 Å². The molecule has 3 rings (SSSR count). The molecule has 10 heteroatoms. The Kier molecular flexibility index (Phi) is 6.76. The molecule has 1 aliphatic rings. The topological polar surface area (TPSA) is 116 Å². The van der Waals surface area contributed by atoms with Crippen LogP contribution in [0.5, 0.6) is 0 Å². The number of aromatic nitrogens is 2. The highest BCUT2D eigenvalue weighted by Crippen LogP contribution is 2.15. The minimum atomic E-state index is -3.58. The van der Waals surface area contributed by atoms with Gasteiger partial charge in [-0.25, -0.2) is 13.1 Å². The molecule has 8 nitrogen and oxygen atoms in total. The Hall–Kier alpha value is -1.94. The first kappa shape index (κ1) is 20.4. The summed E-state index contributed by atoms with van der Waals surface area (Å²) >= 11 is 0. The number of aromatic amines is 1. The van der Waals surface area contributed by atoms with Gasteiger partial charge in [-0.15, -0.1) is 12.4 Å². The van der Waals surface area contributed by atoms with Crippen LogP contribution in [0.3, 0.4) is 0 Å². The van der Waals surface area contributed by atoms with Gasteiger partial charge in [0.15, 0.2) is 5.69 Å². The Morgan fingerprint density at radius 1 is 1.23 bits per heavy atom. The summed E-state index contributed by atoms with van der Waals surface area (Å²) in [4.78, 5) is 12.4. The first-order valence-corrected chi connectivity index (χ1v) is 9.57. The van der Waals surface area contributed by atoms with E-state index >= 15 is 0 Å². The van der Waals surface area contributed by atoms with E-state index in [0.29, 0.717) is 12.2 Å². The van der Waals surface area contributed by atoms with Gasteiger partial charge >= 0.3 is 0 Å². The number of carbonyl (C=O) groups is 1. The lowest BCUT2D eigenvalue weighted by Gasteiger charge is -2.13. The molecule has 0 bridgehead atoms. The Morgan fingerprint density at radius 3 is 2.69 bits per heavy atom. The molecule has 0 spiro atoms. The zero-order valence-electron chi connectivity index (χ0n) is 14.3. The number of amides is 1. The van der Waals surface area contributed by atoms with Crippen LogP contribution < -0.4 is 15.4 Å². The van der Waals surface area contributed by atoms with Gasteiger partial charge in [-0.3, -0.25) is 9.89 Å². The molecule has 1 aromatic heterocycles. The summed E-state index contributed by atoms with van der Waals surface area (Å²) in [5.74, 6) is -0.310. The van der Waals surface area contributed by atoms with Crippen molar-refractivity contribution >= 4 is 28.3 Å². The standard InChI is InChI=1S/C16H21N5O3S.ClH/c1-11-2-4-12(5-3-11)25(23,24)19-9-8-18-16(22)15-13-10-17-7-6-14(13)20-21-15;/h2-5,17,19H,6-10H2,1H3,(H,18,22)(H,20,21);1H. The molecule has 1 aromatic carbocycles. The Bertz CT molecular complexity index is 865. The van der Waals surface area contributed by atoms with Crippen molar-refractivity contribution in [2.75, 3.05) is 19.6 Å². The van der Waals surface area contributed by atoms with Crippen molar-refractivity contribution in [1.82, 2.24) is 25.6 Å². The average molecular weight is 400 g/mol. The molecule has 2 heterocycles. The number of rotatable bonds is 6. The summed E-state index contributed by atoms with van der Waals surface area (Å²) in [5, 5.41) is 12.8. The number of carbonyl (C=O) groups excluding carboxylic acids is 1. The van der Waals surface area contributed by atoms with Gasteiger partial charge in [-0.05, 0) is 19.1 Å². The third-order valence-electron chi connectivity index (χ3n) is 4.06. The number of H-pyrrole nitrogens is 1. The van der Waals surface area contributed by atoms with E-state index in [4.69, 9.17) is 0 Å². The summed E-state index contributed by atoms with van der Waals surface area (Å²) in [5.41, 5.74) is 3.21. The highest BCUT2D eigenvalue weighted by atomic mass is 35.5. The van der Waals surface area contributed by atoms with Crippen molar-refractivity contribution in [1.29, 1.82) is 0 Å². The zero-order chi connectivity index (χ0) is 17.9. The number of aryl methyl sites for hydroxylation is 1. The second-order valence-electron chi connectivity index (χ2n) is 5.92. The van der Waals surface area contributed by atoms with Crippen molar-refractivity contribution in [3.05, 3.63) is 46.8 Å². The Morgan fingerprint density at radius 2 is 1.96 bits per heavy atom. The minimum Gasteiger partial charge on any atom is -0.349 e. The van der Waals surface area contributed by atoms with Crippen LogP contribution in [0.2, 0.25) is 0 Å². The molecule has 0 unspecified atom stereocenters. The first-order chi connectivity index (χ1) is 12.0. The molecule has 0 saturated heterocycles. The van der Waals surface area contributed by atoms with Gasteiger partial charge < -0.3 is 10.6 Å². The molecular formula is C16H22ClN5O3S. The first-order valence-electron chi connectivity index (χ1n) is 8.09. The highest BCUT2D eigenvalue weighted by Gasteiger charge is 2.21. The summed E-state index contributed by atoms with van der Waals surface area (Å²) in [6.45, 7) is 3.64. The third kappa shape index (κ3) is 4.61. The largest absolute Gasteiger partial charge is 0.349 e. The molecule has 0 aliphatic carbocycles. The molecule has 1 amide bonds. The average Bonchev–Trinajstić information content (AvgIpc) is 3.03. The molecule has 26 heavy (non-hydrogen) atoms. The summed E-state index contributed by atoms with van der Waals surface area (Å²) in [6, 6.07) is 6.59. The van der Waals surface area contributed by atoms with E-state index in [1.165, 1.54) is 0 Å². The summed E-state index contributed by atoms with van der Waals surface area (Å²) in [6.07, 6.45) is 0.811. The third-order valence-corrected chi connectivity index (χ3v) is 5.53. The van der Waals surface area contributed by atoms with Crippen molar-refractivity contribution in [3.8, 4) is 0 Å². The normalized spacial score (nSPS) is 13.6. The number of benzene rings is 1. The van der Waals surface area contributed by atoms with E-state index in [1.54, 1.807) is 24.3 Å². The molecule has 0 radical (unpaired) electrons. The van der Waals surface area contributed by atoms with E-state index in [1.807, 2.05) is 6.92 Å². The van der Waals surface area contributed by atoms with Crippen LogP contribution in [0.1, 0.15) is 27.3 Å². The van der Waals surface area contributed by atoms with Gasteiger partial charge in [0.2, 0.25) is 10.0 Å². The van der Waals surface area contributed by atoms with Gasteiger partial charge in [0.05, 0.1) is 4.90 Å². The maximum absolute atomic E-state index is 12.2. The van der Waals surface area contributed by atoms with Gasteiger partial charge in [-0.1, -0.05) is 17.7 Å². The Labute approximate surface area is 158 Å². The lowest BCUT2D eigenvalue weighted by molar-refractivity contribution is 0.0948. The quantitative estimate of drug-likeness (QED) is 0.528. The second-order valence-corrected chi connectivity index (χ2v) is 7.69. The van der Waals surface area contributed by atoms with Gasteiger partial charge in [0.1, 0.15) is 0 Å². The van der Waals surface area contributed by atoms with Gasteiger partial charge in [0.25, 0.3) is 5.91 Å². The van der Waals surface area contributed by atoms with E-state index in [-0.39, 0.29) is 36.3 Å². The van der Waals surface area contributed by atoms with Crippen molar-refractivity contribution in [3.63, 3.8) is 0 Å². The monoisotopic (exact) mass is 399 g/mol. The lowest BCUT2D eigenvalue weighted by atomic mass is 10.1. The molecule has 142 valence electrons. The van der Waals surface area contributed by atoms with Crippen LogP contribution in [-0.2, 0) is 23.0 Å². The number of nitrogens with one attached hydrogen (secondary N) is 4. The highest BCUT2D eigenvalue weighted by molar-refractivity contribution is 7.89. The lowest BCUT2D eigenvalue weighted by Crippen LogP contribution is -2.35. The maximum atomic E-state index is 12.2. The molecular weight excluding hydrogens is 378 g/mol. The fourth-order valence-corrected chi connectivity index (χ4v) is 3.69. The maximum Gasteiger partial charge on any atom is 0.272 e.